The molecule has 3 rings (SSSR count). The molecule has 2 heterocycles. The molecule has 1 unspecified atom stereocenters. The van der Waals surface area contributed by atoms with Crippen LogP contribution in [0.15, 0.2) is 22.7 Å². The summed E-state index contributed by atoms with van der Waals surface area (Å²) in [6.45, 7) is 1.79. The fourth-order valence-electron chi connectivity index (χ4n) is 1.88. The van der Waals surface area contributed by atoms with Crippen molar-refractivity contribution >= 4 is 11.0 Å². The number of nitrogens with one attached hydrogen (secondary N) is 1. The average molecular weight is 220 g/mol. The number of phenolic OH excluding ortho intramolecular Hbond substituents is 1. The minimum Gasteiger partial charge on any atom is -0.508 e. The van der Waals surface area contributed by atoms with Gasteiger partial charge in [-0.25, -0.2) is 0 Å². The average Bonchev–Trinajstić information content (AvgIpc) is 2.90. The molecular weight excluding hydrogens is 208 g/mol. The Labute approximate surface area is 92.0 Å². The summed E-state index contributed by atoms with van der Waals surface area (Å²) in [6.07, 6.45) is 1.10. The van der Waals surface area contributed by atoms with E-state index in [9.17, 15) is 5.11 Å². The maximum atomic E-state index is 9.40. The molecule has 2 N–H and O–H groups in total. The van der Waals surface area contributed by atoms with Gasteiger partial charge in [0.15, 0.2) is 5.58 Å². The van der Waals surface area contributed by atoms with Gasteiger partial charge < -0.3 is 19.7 Å². The van der Waals surface area contributed by atoms with Gasteiger partial charge in [0, 0.05) is 6.54 Å². The van der Waals surface area contributed by atoms with Crippen LogP contribution in [0.1, 0.15) is 6.42 Å². The molecule has 1 aliphatic heterocycles. The van der Waals surface area contributed by atoms with Gasteiger partial charge in [-0.2, -0.15) is 0 Å². The number of benzene rings is 1. The number of ether oxygens (including phenoxy) is 1. The zero-order valence-electron chi connectivity index (χ0n) is 8.64. The van der Waals surface area contributed by atoms with Gasteiger partial charge in [-0.05, 0) is 36.3 Å². The zero-order valence-corrected chi connectivity index (χ0v) is 8.64. The number of aromatic hydroxyl groups is 1. The quantitative estimate of drug-likeness (QED) is 0.797. The number of phenols is 1. The largest absolute Gasteiger partial charge is 0.508 e. The standard InChI is InChI=1S/C11H12N2O3/c14-7-1-2-10-9(5-7)11(13-16-10)15-8-3-4-12-6-8/h1-2,5,8,12,14H,3-4,6H2. The van der Waals surface area contributed by atoms with Crippen LogP contribution in [0, 0.1) is 0 Å². The van der Waals surface area contributed by atoms with Gasteiger partial charge in [-0.1, -0.05) is 0 Å². The fraction of sp³-hybridized carbons (Fsp3) is 0.364. The number of hydrogen-bond acceptors (Lipinski definition) is 5. The molecule has 1 aromatic heterocycles. The second-order valence-corrected chi connectivity index (χ2v) is 3.90. The van der Waals surface area contributed by atoms with Gasteiger partial charge in [-0.3, -0.25) is 0 Å². The molecule has 16 heavy (non-hydrogen) atoms. The molecule has 1 aliphatic rings. The van der Waals surface area contributed by atoms with E-state index in [-0.39, 0.29) is 11.9 Å². The van der Waals surface area contributed by atoms with Crippen LogP contribution in [0.3, 0.4) is 0 Å². The highest BCUT2D eigenvalue weighted by molar-refractivity contribution is 5.83. The number of nitrogens with zero attached hydrogens (tertiary/aromatic N) is 1. The van der Waals surface area contributed by atoms with Gasteiger partial charge in [0.1, 0.15) is 11.9 Å². The molecular formula is C11H12N2O3. The van der Waals surface area contributed by atoms with E-state index in [1.54, 1.807) is 18.2 Å². The third-order valence-electron chi connectivity index (χ3n) is 2.71. The summed E-state index contributed by atoms with van der Waals surface area (Å²) in [5.41, 5.74) is 0.624. The Balaban J connectivity index is 1.93. The third kappa shape index (κ3) is 1.59. The fourth-order valence-corrected chi connectivity index (χ4v) is 1.88. The summed E-state index contributed by atoms with van der Waals surface area (Å²) < 4.78 is 10.8. The summed E-state index contributed by atoms with van der Waals surface area (Å²) in [5, 5.41) is 17.2. The molecule has 0 saturated carbocycles. The minimum absolute atomic E-state index is 0.135. The van der Waals surface area contributed by atoms with Crippen LogP contribution in [0.25, 0.3) is 11.0 Å². The summed E-state index contributed by atoms with van der Waals surface area (Å²) in [6, 6.07) is 4.84. The minimum atomic E-state index is 0.135. The van der Waals surface area contributed by atoms with E-state index < -0.39 is 0 Å². The first-order valence-electron chi connectivity index (χ1n) is 5.29. The lowest BCUT2D eigenvalue weighted by atomic mass is 10.2. The van der Waals surface area contributed by atoms with Crippen molar-refractivity contribution in [3.63, 3.8) is 0 Å². The summed E-state index contributed by atoms with van der Waals surface area (Å²) >= 11 is 0. The third-order valence-corrected chi connectivity index (χ3v) is 2.71. The van der Waals surface area contributed by atoms with Crippen LogP contribution in [0.2, 0.25) is 0 Å². The predicted molar refractivity (Wildman–Crippen MR) is 57.6 cm³/mol. The molecule has 1 fully saturated rings. The predicted octanol–water partition coefficient (Wildman–Crippen LogP) is 1.27. The molecule has 0 spiro atoms. The molecule has 0 radical (unpaired) electrons. The molecule has 1 saturated heterocycles. The first-order chi connectivity index (χ1) is 7.83. The van der Waals surface area contributed by atoms with Crippen LogP contribution in [-0.2, 0) is 0 Å². The Morgan fingerprint density at radius 3 is 3.25 bits per heavy atom. The van der Waals surface area contributed by atoms with Crippen LogP contribution >= 0.6 is 0 Å². The second-order valence-electron chi connectivity index (χ2n) is 3.90. The smallest absolute Gasteiger partial charge is 0.262 e. The number of rotatable bonds is 2. The lowest BCUT2D eigenvalue weighted by Crippen LogP contribution is -2.19. The van der Waals surface area contributed by atoms with Crippen LogP contribution < -0.4 is 10.1 Å². The molecule has 5 nitrogen and oxygen atoms in total. The van der Waals surface area contributed by atoms with Crippen molar-refractivity contribution in [3.05, 3.63) is 18.2 Å². The van der Waals surface area contributed by atoms with E-state index in [0.29, 0.717) is 16.8 Å². The first-order valence-corrected chi connectivity index (χ1v) is 5.29. The highest BCUT2D eigenvalue weighted by Crippen LogP contribution is 2.29. The molecule has 1 aromatic carbocycles. The van der Waals surface area contributed by atoms with Crippen molar-refractivity contribution in [2.75, 3.05) is 13.1 Å². The Morgan fingerprint density at radius 1 is 1.50 bits per heavy atom. The van der Waals surface area contributed by atoms with E-state index in [1.165, 1.54) is 0 Å². The lowest BCUT2D eigenvalue weighted by Gasteiger charge is -2.08. The highest BCUT2D eigenvalue weighted by Gasteiger charge is 2.19. The Hall–Kier alpha value is -1.75. The molecule has 0 amide bonds. The maximum Gasteiger partial charge on any atom is 0.262 e. The van der Waals surface area contributed by atoms with E-state index in [1.807, 2.05) is 0 Å². The SMILES string of the molecule is Oc1ccc2onc(OC3CCNC3)c2c1. The highest BCUT2D eigenvalue weighted by atomic mass is 16.5. The lowest BCUT2D eigenvalue weighted by molar-refractivity contribution is 0.204. The summed E-state index contributed by atoms with van der Waals surface area (Å²) in [4.78, 5) is 0. The second kappa shape index (κ2) is 3.68. The topological polar surface area (TPSA) is 67.5 Å². The first kappa shape index (κ1) is 9.47. The van der Waals surface area contributed by atoms with E-state index in [2.05, 4.69) is 10.5 Å². The maximum absolute atomic E-state index is 9.40. The molecule has 1 atom stereocenters. The van der Waals surface area contributed by atoms with Gasteiger partial charge >= 0.3 is 0 Å². The molecule has 5 heteroatoms. The van der Waals surface area contributed by atoms with Gasteiger partial charge in [0.05, 0.1) is 5.39 Å². The van der Waals surface area contributed by atoms with Crippen molar-refractivity contribution < 1.29 is 14.4 Å². The number of aromatic nitrogens is 1. The van der Waals surface area contributed by atoms with Gasteiger partial charge in [0.25, 0.3) is 5.88 Å². The van der Waals surface area contributed by atoms with Crippen LogP contribution in [0.5, 0.6) is 11.6 Å². The van der Waals surface area contributed by atoms with Crippen LogP contribution in [-0.4, -0.2) is 29.5 Å². The number of hydrogen-bond donors (Lipinski definition) is 2. The molecule has 2 aromatic rings. The molecule has 84 valence electrons. The van der Waals surface area contributed by atoms with Crippen molar-refractivity contribution in [2.24, 2.45) is 0 Å². The Bertz CT molecular complexity index is 503. The van der Waals surface area contributed by atoms with Crippen molar-refractivity contribution in [1.82, 2.24) is 10.5 Å². The Morgan fingerprint density at radius 2 is 2.44 bits per heavy atom. The normalized spacial score (nSPS) is 20.4. The van der Waals surface area contributed by atoms with E-state index in [4.69, 9.17) is 9.26 Å². The zero-order chi connectivity index (χ0) is 11.0. The summed E-state index contributed by atoms with van der Waals surface area (Å²) in [7, 11) is 0. The van der Waals surface area contributed by atoms with E-state index in [0.717, 1.165) is 19.5 Å². The van der Waals surface area contributed by atoms with Crippen molar-refractivity contribution in [2.45, 2.75) is 12.5 Å². The van der Waals surface area contributed by atoms with Crippen LogP contribution in [0.4, 0.5) is 0 Å². The monoisotopic (exact) mass is 220 g/mol. The van der Waals surface area contributed by atoms with Gasteiger partial charge in [-0.15, -0.1) is 0 Å². The van der Waals surface area contributed by atoms with E-state index >= 15 is 0 Å². The molecule has 0 aliphatic carbocycles. The van der Waals surface area contributed by atoms with Gasteiger partial charge in [0.2, 0.25) is 0 Å². The van der Waals surface area contributed by atoms with Crippen molar-refractivity contribution in [1.29, 1.82) is 0 Å². The Kier molecular flexibility index (Phi) is 2.18. The summed E-state index contributed by atoms with van der Waals surface area (Å²) in [5.74, 6) is 0.643. The van der Waals surface area contributed by atoms with Crippen molar-refractivity contribution in [3.8, 4) is 11.6 Å². The molecule has 0 bridgehead atoms. The number of fused-ring (bicyclic) bond motifs is 1.